The van der Waals surface area contributed by atoms with Crippen molar-refractivity contribution in [2.75, 3.05) is 24.7 Å². The third-order valence-electron chi connectivity index (χ3n) is 5.05. The molecule has 0 bridgehead atoms. The van der Waals surface area contributed by atoms with Gasteiger partial charge in [0, 0.05) is 36.4 Å². The van der Waals surface area contributed by atoms with E-state index in [2.05, 4.69) is 33.2 Å². The van der Waals surface area contributed by atoms with Crippen LogP contribution in [0, 0.1) is 0 Å². The lowest BCUT2D eigenvalue weighted by Gasteiger charge is -2.12. The maximum atomic E-state index is 11.8. The number of pyridine rings is 1. The number of benzene rings is 2. The molecule has 0 amide bonds. The number of hydrogen-bond acceptors (Lipinski definition) is 5. The van der Waals surface area contributed by atoms with Crippen molar-refractivity contribution in [2.45, 2.75) is 6.54 Å². The fourth-order valence-corrected chi connectivity index (χ4v) is 3.96. The Labute approximate surface area is 188 Å². The van der Waals surface area contributed by atoms with E-state index in [0.29, 0.717) is 13.1 Å². The third kappa shape index (κ3) is 5.60. The van der Waals surface area contributed by atoms with Crippen LogP contribution in [0.25, 0.3) is 22.4 Å². The Morgan fingerprint density at radius 3 is 2.50 bits per heavy atom. The van der Waals surface area contributed by atoms with Gasteiger partial charge in [-0.25, -0.2) is 13.1 Å². The summed E-state index contributed by atoms with van der Waals surface area (Å²) in [5.74, 6) is -0.00582. The standard InChI is InChI=1S/C24H25N5O2S/c1-25-32(30,31)13-11-27-23-15-21(20-7-3-2-4-8-20)14-22(16-23)24-9-12-29(28-24)18-19-6-5-10-26-17-19/h2-10,12,14-17,25,27H,11,13,18H2,1H3. The van der Waals surface area contributed by atoms with E-state index in [9.17, 15) is 8.42 Å². The largest absolute Gasteiger partial charge is 0.384 e. The lowest BCUT2D eigenvalue weighted by molar-refractivity contribution is 0.588. The summed E-state index contributed by atoms with van der Waals surface area (Å²) >= 11 is 0. The van der Waals surface area contributed by atoms with Gasteiger partial charge in [0.15, 0.2) is 0 Å². The van der Waals surface area contributed by atoms with Gasteiger partial charge in [-0.15, -0.1) is 0 Å². The second kappa shape index (κ2) is 9.76. The van der Waals surface area contributed by atoms with Gasteiger partial charge in [-0.2, -0.15) is 5.10 Å². The molecule has 0 aliphatic rings. The molecule has 164 valence electrons. The summed E-state index contributed by atoms with van der Waals surface area (Å²) in [7, 11) is -1.85. The number of nitrogens with zero attached hydrogens (tertiary/aromatic N) is 3. The molecule has 2 aromatic carbocycles. The second-order valence-electron chi connectivity index (χ2n) is 7.37. The smallest absolute Gasteiger partial charge is 0.213 e. The molecule has 0 aliphatic carbocycles. The summed E-state index contributed by atoms with van der Waals surface area (Å²) in [5, 5.41) is 7.98. The summed E-state index contributed by atoms with van der Waals surface area (Å²) in [4.78, 5) is 4.16. The van der Waals surface area contributed by atoms with Crippen molar-refractivity contribution in [1.82, 2.24) is 19.5 Å². The maximum absolute atomic E-state index is 11.8. The highest BCUT2D eigenvalue weighted by molar-refractivity contribution is 7.89. The van der Waals surface area contributed by atoms with Crippen molar-refractivity contribution in [3.63, 3.8) is 0 Å². The molecule has 0 radical (unpaired) electrons. The molecule has 32 heavy (non-hydrogen) atoms. The molecular formula is C24H25N5O2S. The van der Waals surface area contributed by atoms with Crippen LogP contribution in [0.5, 0.6) is 0 Å². The van der Waals surface area contributed by atoms with E-state index in [-0.39, 0.29) is 5.75 Å². The molecule has 2 N–H and O–H groups in total. The van der Waals surface area contributed by atoms with Gasteiger partial charge in [0.05, 0.1) is 18.0 Å². The molecule has 2 aromatic heterocycles. The molecule has 7 nitrogen and oxygen atoms in total. The van der Waals surface area contributed by atoms with E-state index in [4.69, 9.17) is 5.10 Å². The van der Waals surface area contributed by atoms with Gasteiger partial charge in [0.1, 0.15) is 0 Å². The third-order valence-corrected chi connectivity index (χ3v) is 6.42. The van der Waals surface area contributed by atoms with E-state index >= 15 is 0 Å². The van der Waals surface area contributed by atoms with Crippen molar-refractivity contribution in [3.8, 4) is 22.4 Å². The first-order valence-corrected chi connectivity index (χ1v) is 12.0. The molecule has 4 aromatic rings. The monoisotopic (exact) mass is 447 g/mol. The van der Waals surface area contributed by atoms with Crippen LogP contribution < -0.4 is 10.0 Å². The van der Waals surface area contributed by atoms with Gasteiger partial charge in [-0.1, -0.05) is 36.4 Å². The molecular weight excluding hydrogens is 422 g/mol. The lowest BCUT2D eigenvalue weighted by Crippen LogP contribution is -2.26. The number of rotatable bonds is 9. The van der Waals surface area contributed by atoms with E-state index in [1.54, 1.807) is 6.20 Å². The Kier molecular flexibility index (Phi) is 6.63. The average Bonchev–Trinajstić information content (AvgIpc) is 3.28. The number of sulfonamides is 1. The summed E-state index contributed by atoms with van der Waals surface area (Å²) in [6.45, 7) is 0.940. The minimum Gasteiger partial charge on any atom is -0.384 e. The molecule has 0 fully saturated rings. The van der Waals surface area contributed by atoms with Crippen molar-refractivity contribution < 1.29 is 8.42 Å². The highest BCUT2D eigenvalue weighted by Gasteiger charge is 2.10. The van der Waals surface area contributed by atoms with Crippen molar-refractivity contribution in [1.29, 1.82) is 0 Å². The van der Waals surface area contributed by atoms with Crippen LogP contribution in [0.15, 0.2) is 85.3 Å². The predicted molar refractivity (Wildman–Crippen MR) is 128 cm³/mol. The van der Waals surface area contributed by atoms with E-state index in [1.165, 1.54) is 7.05 Å². The predicted octanol–water partition coefficient (Wildman–Crippen LogP) is 3.62. The minimum absolute atomic E-state index is 0.00582. The summed E-state index contributed by atoms with van der Waals surface area (Å²) < 4.78 is 27.7. The minimum atomic E-state index is -3.27. The fraction of sp³-hybridized carbons (Fsp3) is 0.167. The van der Waals surface area contributed by atoms with Gasteiger partial charge in [0.25, 0.3) is 0 Å². The Bertz CT molecular complexity index is 1270. The highest BCUT2D eigenvalue weighted by atomic mass is 32.2. The highest BCUT2D eigenvalue weighted by Crippen LogP contribution is 2.29. The molecule has 0 spiro atoms. The van der Waals surface area contributed by atoms with Crippen LogP contribution >= 0.6 is 0 Å². The Morgan fingerprint density at radius 2 is 1.75 bits per heavy atom. The molecule has 0 atom stereocenters. The number of anilines is 1. The van der Waals surface area contributed by atoms with Crippen LogP contribution in [0.1, 0.15) is 5.56 Å². The first-order valence-electron chi connectivity index (χ1n) is 10.3. The zero-order chi connectivity index (χ0) is 22.4. The van der Waals surface area contributed by atoms with Gasteiger partial charge in [-0.05, 0) is 54.1 Å². The molecule has 4 rings (SSSR count). The van der Waals surface area contributed by atoms with E-state index < -0.39 is 10.0 Å². The molecule has 8 heteroatoms. The van der Waals surface area contributed by atoms with Crippen LogP contribution in [0.2, 0.25) is 0 Å². The Balaban J connectivity index is 1.62. The number of aromatic nitrogens is 3. The van der Waals surface area contributed by atoms with Gasteiger partial charge < -0.3 is 5.32 Å². The summed E-state index contributed by atoms with van der Waals surface area (Å²) in [5.41, 5.74) is 5.83. The zero-order valence-electron chi connectivity index (χ0n) is 17.8. The van der Waals surface area contributed by atoms with Crippen molar-refractivity contribution in [2.24, 2.45) is 0 Å². The first kappa shape index (κ1) is 21.7. The van der Waals surface area contributed by atoms with Crippen molar-refractivity contribution >= 4 is 15.7 Å². The van der Waals surface area contributed by atoms with Gasteiger partial charge in [-0.3, -0.25) is 9.67 Å². The fourth-order valence-electron chi connectivity index (χ4n) is 3.39. The van der Waals surface area contributed by atoms with Crippen LogP contribution in [0.3, 0.4) is 0 Å². The molecule has 2 heterocycles. The normalized spacial score (nSPS) is 11.4. The maximum Gasteiger partial charge on any atom is 0.213 e. The van der Waals surface area contributed by atoms with Crippen LogP contribution in [0.4, 0.5) is 5.69 Å². The topological polar surface area (TPSA) is 88.9 Å². The summed E-state index contributed by atoms with van der Waals surface area (Å²) in [6, 6.07) is 22.1. The molecule has 0 aliphatic heterocycles. The second-order valence-corrected chi connectivity index (χ2v) is 9.42. The SMILES string of the molecule is CNS(=O)(=O)CCNc1cc(-c2ccccc2)cc(-c2ccn(Cc3cccnc3)n2)c1. The Hall–Kier alpha value is -3.49. The molecule has 0 saturated heterocycles. The average molecular weight is 448 g/mol. The first-order chi connectivity index (χ1) is 15.5. The Morgan fingerprint density at radius 1 is 0.938 bits per heavy atom. The summed E-state index contributed by atoms with van der Waals surface area (Å²) in [6.07, 6.45) is 5.53. The lowest BCUT2D eigenvalue weighted by atomic mass is 10.0. The number of hydrogen-bond donors (Lipinski definition) is 2. The molecule has 0 saturated carbocycles. The van der Waals surface area contributed by atoms with E-state index in [1.807, 2.05) is 65.6 Å². The van der Waals surface area contributed by atoms with Crippen LogP contribution in [-0.2, 0) is 16.6 Å². The zero-order valence-corrected chi connectivity index (χ0v) is 18.6. The van der Waals surface area contributed by atoms with Crippen molar-refractivity contribution in [3.05, 3.63) is 90.9 Å². The van der Waals surface area contributed by atoms with Crippen LogP contribution in [-0.4, -0.2) is 42.5 Å². The van der Waals surface area contributed by atoms with Gasteiger partial charge >= 0.3 is 0 Å². The van der Waals surface area contributed by atoms with E-state index in [0.717, 1.165) is 33.6 Å². The number of nitrogens with one attached hydrogen (secondary N) is 2. The quantitative estimate of drug-likeness (QED) is 0.409. The van der Waals surface area contributed by atoms with Gasteiger partial charge in [0.2, 0.25) is 10.0 Å². The molecule has 0 unspecified atom stereocenters.